The van der Waals surface area contributed by atoms with Crippen LogP contribution >= 0.6 is 0 Å². The zero-order valence-electron chi connectivity index (χ0n) is 9.31. The number of hydrogen-bond acceptors (Lipinski definition) is 4. The van der Waals surface area contributed by atoms with Crippen molar-refractivity contribution in [3.05, 3.63) is 11.8 Å². The van der Waals surface area contributed by atoms with Crippen LogP contribution in [-0.4, -0.2) is 23.9 Å². The van der Waals surface area contributed by atoms with Crippen LogP contribution in [0, 0.1) is 11.3 Å². The fourth-order valence-corrected chi connectivity index (χ4v) is 3.61. The molecule has 6 nitrogen and oxygen atoms in total. The average Bonchev–Trinajstić information content (AvgIpc) is 2.77. The zero-order valence-corrected chi connectivity index (χ0v) is 10.1. The van der Waals surface area contributed by atoms with Gasteiger partial charge in [0.15, 0.2) is 5.82 Å². The summed E-state index contributed by atoms with van der Waals surface area (Å²) in [5, 5.41) is 14.6. The predicted molar refractivity (Wildman–Crippen MR) is 62.7 cm³/mol. The second-order valence-electron chi connectivity index (χ2n) is 4.18. The lowest BCUT2D eigenvalue weighted by Gasteiger charge is -2.21. The fourth-order valence-electron chi connectivity index (χ4n) is 2.05. The van der Waals surface area contributed by atoms with E-state index < -0.39 is 10.0 Å². The quantitative estimate of drug-likeness (QED) is 0.850. The Hall–Kier alpha value is -1.55. The highest BCUT2D eigenvalue weighted by Gasteiger charge is 2.28. The molecule has 0 radical (unpaired) electrons. The standard InChI is InChI=1S/C10H14N4O2S/c11-6-8-7-12-13-10(8)14-17(15,16)9-4-2-1-3-5-9/h7,9H,1-5H2,(H2,12,13,14). The molecule has 1 aromatic heterocycles. The van der Waals surface area contributed by atoms with Crippen LogP contribution < -0.4 is 4.72 Å². The van der Waals surface area contributed by atoms with Gasteiger partial charge in [-0.2, -0.15) is 10.4 Å². The molecule has 1 fully saturated rings. The number of rotatable bonds is 3. The molecule has 0 unspecified atom stereocenters. The van der Waals surface area contributed by atoms with Gasteiger partial charge in [-0.3, -0.25) is 9.82 Å². The van der Waals surface area contributed by atoms with Gasteiger partial charge in [-0.1, -0.05) is 19.3 Å². The van der Waals surface area contributed by atoms with Crippen molar-refractivity contribution in [1.29, 1.82) is 5.26 Å². The highest BCUT2D eigenvalue weighted by molar-refractivity contribution is 7.93. The summed E-state index contributed by atoms with van der Waals surface area (Å²) in [6, 6.07) is 1.88. The molecule has 0 aromatic carbocycles. The second kappa shape index (κ2) is 4.75. The molecule has 0 atom stereocenters. The van der Waals surface area contributed by atoms with E-state index in [1.807, 2.05) is 6.07 Å². The topological polar surface area (TPSA) is 98.6 Å². The van der Waals surface area contributed by atoms with Crippen molar-refractivity contribution >= 4 is 15.8 Å². The monoisotopic (exact) mass is 254 g/mol. The molecule has 1 saturated carbocycles. The molecule has 2 N–H and O–H groups in total. The third-order valence-corrected chi connectivity index (χ3v) is 4.83. The Kier molecular flexibility index (Phi) is 3.33. The molecule has 0 amide bonds. The Morgan fingerprint density at radius 2 is 2.12 bits per heavy atom. The van der Waals surface area contributed by atoms with Crippen LogP contribution in [0.2, 0.25) is 0 Å². The van der Waals surface area contributed by atoms with Gasteiger partial charge >= 0.3 is 0 Å². The van der Waals surface area contributed by atoms with E-state index in [1.165, 1.54) is 6.20 Å². The first kappa shape index (κ1) is 11.9. The molecule has 7 heteroatoms. The minimum absolute atomic E-state index is 0.165. The van der Waals surface area contributed by atoms with Crippen molar-refractivity contribution in [2.75, 3.05) is 4.72 Å². The van der Waals surface area contributed by atoms with Crippen molar-refractivity contribution < 1.29 is 8.42 Å². The molecule has 0 bridgehead atoms. The molecule has 1 aliphatic rings. The first-order valence-corrected chi connectivity index (χ1v) is 7.13. The summed E-state index contributed by atoms with van der Waals surface area (Å²) in [6.07, 6.45) is 5.66. The molecule has 2 rings (SSSR count). The number of hydrogen-bond donors (Lipinski definition) is 2. The minimum Gasteiger partial charge on any atom is -0.266 e. The number of sulfonamides is 1. The molecule has 1 aliphatic carbocycles. The number of H-pyrrole nitrogens is 1. The molecule has 0 saturated heterocycles. The van der Waals surface area contributed by atoms with E-state index >= 15 is 0 Å². The Morgan fingerprint density at radius 1 is 1.41 bits per heavy atom. The zero-order chi connectivity index (χ0) is 12.3. The van der Waals surface area contributed by atoms with Gasteiger partial charge in [0.1, 0.15) is 11.6 Å². The lowest BCUT2D eigenvalue weighted by Crippen LogP contribution is -2.30. The maximum Gasteiger partial charge on any atom is 0.236 e. The Morgan fingerprint density at radius 3 is 2.76 bits per heavy atom. The lowest BCUT2D eigenvalue weighted by atomic mass is 10.0. The van der Waals surface area contributed by atoms with Gasteiger partial charge in [0.25, 0.3) is 0 Å². The van der Waals surface area contributed by atoms with Crippen molar-refractivity contribution in [2.24, 2.45) is 0 Å². The van der Waals surface area contributed by atoms with Crippen LogP contribution in [0.15, 0.2) is 6.20 Å². The van der Waals surface area contributed by atoms with Crippen LogP contribution in [0.4, 0.5) is 5.82 Å². The van der Waals surface area contributed by atoms with Crippen LogP contribution in [0.1, 0.15) is 37.7 Å². The number of nitrogens with zero attached hydrogens (tertiary/aromatic N) is 2. The molecule has 0 aliphatic heterocycles. The summed E-state index contributed by atoms with van der Waals surface area (Å²) < 4.78 is 26.5. The fraction of sp³-hybridized carbons (Fsp3) is 0.600. The molecular formula is C10H14N4O2S. The summed E-state index contributed by atoms with van der Waals surface area (Å²) in [6.45, 7) is 0. The number of aromatic nitrogens is 2. The smallest absolute Gasteiger partial charge is 0.236 e. The number of anilines is 1. The summed E-state index contributed by atoms with van der Waals surface area (Å²) in [5.41, 5.74) is 0.212. The van der Waals surface area contributed by atoms with Gasteiger partial charge in [-0.05, 0) is 12.8 Å². The van der Waals surface area contributed by atoms with E-state index in [4.69, 9.17) is 5.26 Å². The van der Waals surface area contributed by atoms with Crippen LogP contribution in [0.5, 0.6) is 0 Å². The Bertz CT molecular complexity index is 523. The van der Waals surface area contributed by atoms with Gasteiger partial charge < -0.3 is 0 Å². The lowest BCUT2D eigenvalue weighted by molar-refractivity contribution is 0.486. The van der Waals surface area contributed by atoms with E-state index in [0.29, 0.717) is 12.8 Å². The summed E-state index contributed by atoms with van der Waals surface area (Å²) in [5.74, 6) is 0.165. The van der Waals surface area contributed by atoms with Crippen LogP contribution in [-0.2, 0) is 10.0 Å². The van der Waals surface area contributed by atoms with Crippen molar-refractivity contribution in [3.63, 3.8) is 0 Å². The number of nitriles is 1. The van der Waals surface area contributed by atoms with E-state index in [9.17, 15) is 8.42 Å². The van der Waals surface area contributed by atoms with E-state index in [2.05, 4.69) is 14.9 Å². The summed E-state index contributed by atoms with van der Waals surface area (Å²) in [7, 11) is -3.41. The summed E-state index contributed by atoms with van der Waals surface area (Å²) in [4.78, 5) is 0. The Labute approximate surface area is 100 Å². The van der Waals surface area contributed by atoms with Gasteiger partial charge in [-0.15, -0.1) is 0 Å². The average molecular weight is 254 g/mol. The minimum atomic E-state index is -3.41. The highest BCUT2D eigenvalue weighted by Crippen LogP contribution is 2.25. The van der Waals surface area contributed by atoms with E-state index in [0.717, 1.165) is 19.3 Å². The molecular weight excluding hydrogens is 240 g/mol. The van der Waals surface area contributed by atoms with Crippen molar-refractivity contribution in [3.8, 4) is 6.07 Å². The highest BCUT2D eigenvalue weighted by atomic mass is 32.2. The maximum atomic E-state index is 12.1. The molecule has 0 spiro atoms. The molecule has 17 heavy (non-hydrogen) atoms. The van der Waals surface area contributed by atoms with Crippen LogP contribution in [0.25, 0.3) is 0 Å². The first-order chi connectivity index (χ1) is 8.13. The normalized spacial score (nSPS) is 17.6. The van der Waals surface area contributed by atoms with E-state index in [1.54, 1.807) is 0 Å². The second-order valence-corrected chi connectivity index (χ2v) is 6.14. The SMILES string of the molecule is N#Cc1cn[nH]c1NS(=O)(=O)C1CCCCC1. The third kappa shape index (κ3) is 2.58. The van der Waals surface area contributed by atoms with Crippen molar-refractivity contribution in [1.82, 2.24) is 10.2 Å². The Balaban J connectivity index is 2.14. The molecule has 1 heterocycles. The number of nitrogens with one attached hydrogen (secondary N) is 2. The van der Waals surface area contributed by atoms with Gasteiger partial charge in [0.2, 0.25) is 10.0 Å². The summed E-state index contributed by atoms with van der Waals surface area (Å²) >= 11 is 0. The van der Waals surface area contributed by atoms with Crippen LogP contribution in [0.3, 0.4) is 0 Å². The van der Waals surface area contributed by atoms with Gasteiger partial charge in [0, 0.05) is 0 Å². The first-order valence-electron chi connectivity index (χ1n) is 5.58. The largest absolute Gasteiger partial charge is 0.266 e. The van der Waals surface area contributed by atoms with Crippen molar-refractivity contribution in [2.45, 2.75) is 37.4 Å². The van der Waals surface area contributed by atoms with E-state index in [-0.39, 0.29) is 16.6 Å². The number of aromatic amines is 1. The third-order valence-electron chi connectivity index (χ3n) is 3.00. The maximum absolute atomic E-state index is 12.1. The molecule has 1 aromatic rings. The predicted octanol–water partition coefficient (Wildman–Crippen LogP) is 1.36. The van der Waals surface area contributed by atoms with Gasteiger partial charge in [-0.25, -0.2) is 8.42 Å². The molecule has 92 valence electrons. The van der Waals surface area contributed by atoms with Gasteiger partial charge in [0.05, 0.1) is 11.4 Å².